The van der Waals surface area contributed by atoms with Gasteiger partial charge in [0.1, 0.15) is 5.82 Å². The number of benzene rings is 2. The van der Waals surface area contributed by atoms with Crippen LogP contribution in [-0.2, 0) is 33.7 Å². The van der Waals surface area contributed by atoms with Gasteiger partial charge in [0.2, 0.25) is 15.9 Å². The molecule has 1 aliphatic rings. The third kappa shape index (κ3) is 4.40. The van der Waals surface area contributed by atoms with E-state index in [4.69, 9.17) is 11.6 Å². The first-order valence-corrected chi connectivity index (χ1v) is 12.3. The third-order valence-electron chi connectivity index (χ3n) is 6.23. The molecule has 3 aromatic rings. The number of amides is 1. The number of sulfonamides is 1. The molecular weight excluding hydrogens is 448 g/mol. The summed E-state index contributed by atoms with van der Waals surface area (Å²) in [5, 5.41) is 3.78. The Balaban J connectivity index is 1.40. The SMILES string of the molecule is CN(C)S(=O)(=O)c1ccc2c(c1)nc(CCC(=O)NCC1(c3ccc(Cl)cc3)CC1)n2C. The molecule has 1 aromatic heterocycles. The summed E-state index contributed by atoms with van der Waals surface area (Å²) in [6.07, 6.45) is 2.90. The van der Waals surface area contributed by atoms with Gasteiger partial charge in [-0.05, 0) is 48.7 Å². The molecule has 0 radical (unpaired) electrons. The molecule has 0 saturated heterocycles. The fourth-order valence-corrected chi connectivity index (χ4v) is 4.98. The standard InChI is InChI=1S/C23H27ClN4O3S/c1-27(2)32(30,31)18-8-9-20-19(14-18)26-21(28(20)3)10-11-22(29)25-15-23(12-13-23)16-4-6-17(24)7-5-16/h4-9,14H,10-13,15H2,1-3H3,(H,25,29). The normalized spacial score (nSPS) is 15.3. The first kappa shape index (κ1) is 22.8. The summed E-state index contributed by atoms with van der Waals surface area (Å²) in [6.45, 7) is 0.613. The van der Waals surface area contributed by atoms with Crippen LogP contribution in [0.25, 0.3) is 11.0 Å². The number of carbonyl (C=O) groups excluding carboxylic acids is 1. The lowest BCUT2D eigenvalue weighted by Crippen LogP contribution is -2.32. The maximum Gasteiger partial charge on any atom is 0.242 e. The van der Waals surface area contributed by atoms with Gasteiger partial charge in [-0.25, -0.2) is 17.7 Å². The van der Waals surface area contributed by atoms with Gasteiger partial charge in [0, 0.05) is 51.0 Å². The van der Waals surface area contributed by atoms with E-state index in [0.29, 0.717) is 29.9 Å². The summed E-state index contributed by atoms with van der Waals surface area (Å²) >= 11 is 5.99. The monoisotopic (exact) mass is 474 g/mol. The average molecular weight is 475 g/mol. The second kappa shape index (κ2) is 8.50. The van der Waals surface area contributed by atoms with Gasteiger partial charge >= 0.3 is 0 Å². The molecular formula is C23H27ClN4O3S. The van der Waals surface area contributed by atoms with E-state index in [-0.39, 0.29) is 16.2 Å². The van der Waals surface area contributed by atoms with Crippen LogP contribution < -0.4 is 5.32 Å². The average Bonchev–Trinajstić information content (AvgIpc) is 3.49. The van der Waals surface area contributed by atoms with Gasteiger partial charge in [-0.3, -0.25) is 4.79 Å². The minimum atomic E-state index is -3.53. The maximum absolute atomic E-state index is 12.5. The lowest BCUT2D eigenvalue weighted by atomic mass is 9.96. The van der Waals surface area contributed by atoms with Crippen LogP contribution in [0.1, 0.15) is 30.7 Å². The Morgan fingerprint density at radius 3 is 2.50 bits per heavy atom. The molecule has 0 atom stereocenters. The van der Waals surface area contributed by atoms with E-state index in [1.165, 1.54) is 24.0 Å². The van der Waals surface area contributed by atoms with E-state index >= 15 is 0 Å². The molecule has 1 N–H and O–H groups in total. The van der Waals surface area contributed by atoms with Crippen LogP contribution in [0.5, 0.6) is 0 Å². The van der Waals surface area contributed by atoms with Crippen molar-refractivity contribution in [2.45, 2.75) is 36.0 Å². The summed E-state index contributed by atoms with van der Waals surface area (Å²) in [5.41, 5.74) is 2.66. The van der Waals surface area contributed by atoms with Gasteiger partial charge in [0.25, 0.3) is 0 Å². The van der Waals surface area contributed by atoms with Crippen LogP contribution in [0.4, 0.5) is 0 Å². The number of nitrogens with zero attached hydrogens (tertiary/aromatic N) is 3. The molecule has 0 spiro atoms. The molecule has 1 heterocycles. The number of nitrogens with one attached hydrogen (secondary N) is 1. The predicted octanol–water partition coefficient (Wildman–Crippen LogP) is 3.26. The van der Waals surface area contributed by atoms with E-state index < -0.39 is 10.0 Å². The highest BCUT2D eigenvalue weighted by atomic mass is 35.5. The summed E-state index contributed by atoms with van der Waals surface area (Å²) in [5.74, 6) is 0.724. The lowest BCUT2D eigenvalue weighted by Gasteiger charge is -2.16. The van der Waals surface area contributed by atoms with Gasteiger partial charge in [0.15, 0.2) is 0 Å². The third-order valence-corrected chi connectivity index (χ3v) is 8.30. The Labute approximate surface area is 193 Å². The van der Waals surface area contributed by atoms with Crippen LogP contribution in [0.2, 0.25) is 5.02 Å². The molecule has 1 aliphatic carbocycles. The second-order valence-electron chi connectivity index (χ2n) is 8.59. The first-order valence-electron chi connectivity index (χ1n) is 10.5. The highest BCUT2D eigenvalue weighted by Gasteiger charge is 2.44. The predicted molar refractivity (Wildman–Crippen MR) is 125 cm³/mol. The fourth-order valence-electron chi connectivity index (χ4n) is 3.93. The van der Waals surface area contributed by atoms with E-state index in [2.05, 4.69) is 10.3 Å². The number of rotatable bonds is 8. The van der Waals surface area contributed by atoms with Crippen molar-refractivity contribution in [2.75, 3.05) is 20.6 Å². The van der Waals surface area contributed by atoms with Crippen LogP contribution in [-0.4, -0.2) is 48.8 Å². The molecule has 170 valence electrons. The smallest absolute Gasteiger partial charge is 0.242 e. The summed E-state index contributed by atoms with van der Waals surface area (Å²) in [6, 6.07) is 12.8. The Morgan fingerprint density at radius 2 is 1.88 bits per heavy atom. The lowest BCUT2D eigenvalue weighted by molar-refractivity contribution is -0.121. The molecule has 0 aliphatic heterocycles. The van der Waals surface area contributed by atoms with E-state index in [1.54, 1.807) is 18.2 Å². The van der Waals surface area contributed by atoms with Gasteiger partial charge in [-0.1, -0.05) is 23.7 Å². The zero-order valence-electron chi connectivity index (χ0n) is 18.4. The van der Waals surface area contributed by atoms with Crippen LogP contribution in [0, 0.1) is 0 Å². The summed E-state index contributed by atoms with van der Waals surface area (Å²) < 4.78 is 27.9. The van der Waals surface area contributed by atoms with E-state index in [1.807, 2.05) is 35.9 Å². The zero-order chi connectivity index (χ0) is 23.1. The van der Waals surface area contributed by atoms with Crippen molar-refractivity contribution >= 4 is 38.6 Å². The van der Waals surface area contributed by atoms with Crippen LogP contribution >= 0.6 is 11.6 Å². The van der Waals surface area contributed by atoms with Gasteiger partial charge in [0.05, 0.1) is 15.9 Å². The van der Waals surface area contributed by atoms with Gasteiger partial charge < -0.3 is 9.88 Å². The Bertz CT molecular complexity index is 1260. The van der Waals surface area contributed by atoms with Crippen molar-refractivity contribution in [3.8, 4) is 0 Å². The fraction of sp³-hybridized carbons (Fsp3) is 0.391. The van der Waals surface area contributed by atoms with Crippen molar-refractivity contribution in [3.63, 3.8) is 0 Å². The van der Waals surface area contributed by atoms with Crippen molar-refractivity contribution in [1.29, 1.82) is 0 Å². The molecule has 7 nitrogen and oxygen atoms in total. The topological polar surface area (TPSA) is 84.3 Å². The molecule has 2 aromatic carbocycles. The molecule has 1 fully saturated rings. The van der Waals surface area contributed by atoms with Gasteiger partial charge in [-0.2, -0.15) is 0 Å². The van der Waals surface area contributed by atoms with Crippen molar-refractivity contribution < 1.29 is 13.2 Å². The minimum Gasteiger partial charge on any atom is -0.355 e. The van der Waals surface area contributed by atoms with Crippen molar-refractivity contribution in [2.24, 2.45) is 7.05 Å². The molecule has 0 bridgehead atoms. The first-order chi connectivity index (χ1) is 15.1. The summed E-state index contributed by atoms with van der Waals surface area (Å²) in [4.78, 5) is 17.3. The molecule has 9 heteroatoms. The highest BCUT2D eigenvalue weighted by Crippen LogP contribution is 2.47. The number of aryl methyl sites for hydroxylation is 2. The minimum absolute atomic E-state index is 0.0202. The largest absolute Gasteiger partial charge is 0.355 e. The molecule has 1 amide bonds. The Kier molecular flexibility index (Phi) is 6.04. The molecule has 32 heavy (non-hydrogen) atoms. The van der Waals surface area contributed by atoms with Crippen LogP contribution in [0.3, 0.4) is 0 Å². The number of hydrogen-bond donors (Lipinski definition) is 1. The maximum atomic E-state index is 12.5. The van der Waals surface area contributed by atoms with Crippen molar-refractivity contribution in [3.05, 3.63) is 58.9 Å². The number of aromatic nitrogens is 2. The Hall–Kier alpha value is -2.42. The molecule has 0 unspecified atom stereocenters. The van der Waals surface area contributed by atoms with E-state index in [0.717, 1.165) is 24.2 Å². The molecule has 1 saturated carbocycles. The Morgan fingerprint density at radius 1 is 1.19 bits per heavy atom. The number of imidazole rings is 1. The number of halogens is 1. The highest BCUT2D eigenvalue weighted by molar-refractivity contribution is 7.89. The number of carbonyl (C=O) groups is 1. The van der Waals surface area contributed by atoms with Crippen molar-refractivity contribution in [1.82, 2.24) is 19.2 Å². The number of fused-ring (bicyclic) bond motifs is 1. The second-order valence-corrected chi connectivity index (χ2v) is 11.2. The van der Waals surface area contributed by atoms with E-state index in [9.17, 15) is 13.2 Å². The van der Waals surface area contributed by atoms with Crippen LogP contribution in [0.15, 0.2) is 47.4 Å². The number of hydrogen-bond acceptors (Lipinski definition) is 4. The quantitative estimate of drug-likeness (QED) is 0.543. The molecule has 4 rings (SSSR count). The summed E-state index contributed by atoms with van der Waals surface area (Å²) in [7, 11) is 1.35. The zero-order valence-corrected chi connectivity index (χ0v) is 20.0. The van der Waals surface area contributed by atoms with Gasteiger partial charge in [-0.15, -0.1) is 0 Å².